The van der Waals surface area contributed by atoms with E-state index in [1.807, 2.05) is 30.3 Å². The summed E-state index contributed by atoms with van der Waals surface area (Å²) in [5, 5.41) is 2.60. The van der Waals surface area contributed by atoms with Crippen LogP contribution in [0.15, 0.2) is 83.8 Å². The zero-order valence-electron chi connectivity index (χ0n) is 18.1. The summed E-state index contributed by atoms with van der Waals surface area (Å²) >= 11 is 0. The zero-order valence-corrected chi connectivity index (χ0v) is 19.0. The maximum atomic E-state index is 12.7. The topological polar surface area (TPSA) is 111 Å². The molecular weight excluding hydrogens is 444 g/mol. The average Bonchev–Trinajstić information content (AvgIpc) is 2.83. The third-order valence-electron chi connectivity index (χ3n) is 4.74. The highest BCUT2D eigenvalue weighted by atomic mass is 32.2. The van der Waals surface area contributed by atoms with E-state index >= 15 is 0 Å². The number of sulfonamides is 1. The predicted molar refractivity (Wildman–Crippen MR) is 124 cm³/mol. The largest absolute Gasteiger partial charge is 0.484 e. The second kappa shape index (κ2) is 10.8. The number of para-hydroxylation sites is 1. The van der Waals surface area contributed by atoms with E-state index in [1.165, 1.54) is 37.4 Å². The Morgan fingerprint density at radius 3 is 2.21 bits per heavy atom. The Bertz CT molecular complexity index is 1210. The lowest BCUT2D eigenvalue weighted by Gasteiger charge is -2.15. The Labute approximate surface area is 192 Å². The summed E-state index contributed by atoms with van der Waals surface area (Å²) in [5.41, 5.74) is 1.37. The van der Waals surface area contributed by atoms with Gasteiger partial charge in [-0.25, -0.2) is 17.9 Å². The van der Waals surface area contributed by atoms with Crippen LogP contribution in [0.3, 0.4) is 0 Å². The van der Waals surface area contributed by atoms with Crippen LogP contribution in [0.1, 0.15) is 28.9 Å². The van der Waals surface area contributed by atoms with E-state index in [4.69, 9.17) is 9.47 Å². The quantitative estimate of drug-likeness (QED) is 0.465. The molecule has 2 N–H and O–H groups in total. The van der Waals surface area contributed by atoms with Crippen molar-refractivity contribution >= 4 is 27.6 Å². The molecule has 0 saturated heterocycles. The lowest BCUT2D eigenvalue weighted by atomic mass is 10.1. The minimum Gasteiger partial charge on any atom is -0.484 e. The highest BCUT2D eigenvalue weighted by Gasteiger charge is 2.18. The number of rotatable bonds is 9. The number of amides is 1. The van der Waals surface area contributed by atoms with Gasteiger partial charge in [0, 0.05) is 6.04 Å². The molecule has 0 aromatic heterocycles. The number of anilines is 1. The summed E-state index contributed by atoms with van der Waals surface area (Å²) in [6.45, 7) is 1.44. The molecule has 8 nitrogen and oxygen atoms in total. The Morgan fingerprint density at radius 2 is 1.55 bits per heavy atom. The molecule has 0 saturated carbocycles. The maximum absolute atomic E-state index is 12.7. The molecule has 0 aliphatic carbocycles. The summed E-state index contributed by atoms with van der Waals surface area (Å²) in [7, 11) is -2.48. The molecule has 3 aromatic carbocycles. The number of hydrogen-bond donors (Lipinski definition) is 2. The second-order valence-corrected chi connectivity index (χ2v) is 8.81. The van der Waals surface area contributed by atoms with Crippen molar-refractivity contribution in [3.63, 3.8) is 0 Å². The number of carbonyl (C=O) groups is 2. The number of carbonyl (C=O) groups excluding carboxylic acids is 2. The summed E-state index contributed by atoms with van der Waals surface area (Å²) in [6.07, 6.45) is 0. The number of methoxy groups -OCH3 is 1. The SMILES string of the molecule is COC(=O)c1ccccc1NC(=O)COc1ccc(S(=O)(=O)N[C@H](C)c2ccccc2)cc1. The van der Waals surface area contributed by atoms with Crippen LogP contribution in [0.5, 0.6) is 5.75 Å². The Balaban J connectivity index is 1.58. The second-order valence-electron chi connectivity index (χ2n) is 7.10. The van der Waals surface area contributed by atoms with E-state index in [9.17, 15) is 18.0 Å². The fraction of sp³-hybridized carbons (Fsp3) is 0.167. The monoisotopic (exact) mass is 468 g/mol. The van der Waals surface area contributed by atoms with Crippen LogP contribution >= 0.6 is 0 Å². The van der Waals surface area contributed by atoms with E-state index < -0.39 is 27.9 Å². The zero-order chi connectivity index (χ0) is 23.8. The van der Waals surface area contributed by atoms with E-state index in [1.54, 1.807) is 25.1 Å². The van der Waals surface area contributed by atoms with Crippen molar-refractivity contribution in [2.24, 2.45) is 0 Å². The molecule has 0 aliphatic heterocycles. The lowest BCUT2D eigenvalue weighted by molar-refractivity contribution is -0.118. The van der Waals surface area contributed by atoms with Crippen molar-refractivity contribution in [1.82, 2.24) is 4.72 Å². The first-order valence-corrected chi connectivity index (χ1v) is 11.6. The normalized spacial score (nSPS) is 11.9. The highest BCUT2D eigenvalue weighted by Crippen LogP contribution is 2.20. The van der Waals surface area contributed by atoms with Crippen LogP contribution in [0.4, 0.5) is 5.69 Å². The van der Waals surface area contributed by atoms with Crippen LogP contribution in [-0.2, 0) is 19.6 Å². The third kappa shape index (κ3) is 6.41. The Hall–Kier alpha value is -3.69. The molecule has 1 atom stereocenters. The predicted octanol–water partition coefficient (Wildman–Crippen LogP) is 3.53. The Kier molecular flexibility index (Phi) is 7.81. The average molecular weight is 469 g/mol. The van der Waals surface area contributed by atoms with Gasteiger partial charge in [-0.3, -0.25) is 4.79 Å². The lowest BCUT2D eigenvalue weighted by Crippen LogP contribution is -2.26. The number of nitrogens with one attached hydrogen (secondary N) is 2. The van der Waals surface area contributed by atoms with Crippen molar-refractivity contribution < 1.29 is 27.5 Å². The van der Waals surface area contributed by atoms with Gasteiger partial charge in [0.2, 0.25) is 10.0 Å². The van der Waals surface area contributed by atoms with Crippen molar-refractivity contribution in [2.75, 3.05) is 19.0 Å². The van der Waals surface area contributed by atoms with E-state index in [2.05, 4.69) is 10.0 Å². The molecule has 1 amide bonds. The summed E-state index contributed by atoms with van der Waals surface area (Å²) in [6, 6.07) is 21.0. The first-order valence-electron chi connectivity index (χ1n) is 10.1. The standard InChI is InChI=1S/C24H24N2O6S/c1-17(18-8-4-3-5-9-18)26-33(29,30)20-14-12-19(13-15-20)32-16-23(27)25-22-11-7-6-10-21(22)24(28)31-2/h3-15,17,26H,16H2,1-2H3,(H,25,27)/t17-/m1/s1. The van der Waals surface area contributed by atoms with Gasteiger partial charge in [-0.1, -0.05) is 42.5 Å². The number of hydrogen-bond acceptors (Lipinski definition) is 6. The molecule has 172 valence electrons. The van der Waals surface area contributed by atoms with Gasteiger partial charge in [0.05, 0.1) is 23.3 Å². The summed E-state index contributed by atoms with van der Waals surface area (Å²) in [5.74, 6) is -0.735. The van der Waals surface area contributed by atoms with Gasteiger partial charge in [0.1, 0.15) is 5.75 Å². The first-order chi connectivity index (χ1) is 15.8. The fourth-order valence-corrected chi connectivity index (χ4v) is 4.27. The number of benzene rings is 3. The van der Waals surface area contributed by atoms with Crippen molar-refractivity contribution in [3.05, 3.63) is 90.0 Å². The van der Waals surface area contributed by atoms with Crippen LogP contribution in [0, 0.1) is 0 Å². The van der Waals surface area contributed by atoms with Gasteiger partial charge in [0.15, 0.2) is 6.61 Å². The highest BCUT2D eigenvalue weighted by molar-refractivity contribution is 7.89. The van der Waals surface area contributed by atoms with Crippen molar-refractivity contribution in [1.29, 1.82) is 0 Å². The molecule has 3 aromatic rings. The van der Waals surface area contributed by atoms with E-state index in [0.717, 1.165) is 5.56 Å². The molecule has 0 spiro atoms. The Morgan fingerprint density at radius 1 is 0.909 bits per heavy atom. The van der Waals surface area contributed by atoms with Crippen LogP contribution < -0.4 is 14.8 Å². The van der Waals surface area contributed by atoms with Gasteiger partial charge in [0.25, 0.3) is 5.91 Å². The molecule has 0 aliphatic rings. The molecule has 0 radical (unpaired) electrons. The third-order valence-corrected chi connectivity index (χ3v) is 6.30. The smallest absolute Gasteiger partial charge is 0.339 e. The molecule has 0 heterocycles. The molecule has 0 unspecified atom stereocenters. The first kappa shape index (κ1) is 24.0. The fourth-order valence-electron chi connectivity index (χ4n) is 3.04. The summed E-state index contributed by atoms with van der Waals surface area (Å²) < 4.78 is 38.1. The van der Waals surface area contributed by atoms with Crippen LogP contribution in [0.2, 0.25) is 0 Å². The van der Waals surface area contributed by atoms with Crippen molar-refractivity contribution in [2.45, 2.75) is 17.9 Å². The van der Waals surface area contributed by atoms with Crippen LogP contribution in [0.25, 0.3) is 0 Å². The van der Waals surface area contributed by atoms with Gasteiger partial charge >= 0.3 is 5.97 Å². The van der Waals surface area contributed by atoms with Gasteiger partial charge in [-0.15, -0.1) is 0 Å². The molecule has 3 rings (SSSR count). The van der Waals surface area contributed by atoms with Gasteiger partial charge in [-0.2, -0.15) is 0 Å². The number of esters is 1. The summed E-state index contributed by atoms with van der Waals surface area (Å²) in [4.78, 5) is 24.1. The van der Waals surface area contributed by atoms with Crippen molar-refractivity contribution in [3.8, 4) is 5.75 Å². The molecule has 0 bridgehead atoms. The molecule has 0 fully saturated rings. The molecular formula is C24H24N2O6S. The van der Waals surface area contributed by atoms with E-state index in [-0.39, 0.29) is 17.1 Å². The van der Waals surface area contributed by atoms with E-state index in [0.29, 0.717) is 11.4 Å². The van der Waals surface area contributed by atoms with Gasteiger partial charge < -0.3 is 14.8 Å². The van der Waals surface area contributed by atoms with Gasteiger partial charge in [-0.05, 0) is 48.9 Å². The van der Waals surface area contributed by atoms with Crippen LogP contribution in [-0.4, -0.2) is 34.0 Å². The molecule has 9 heteroatoms. The molecule has 33 heavy (non-hydrogen) atoms. The maximum Gasteiger partial charge on any atom is 0.339 e. The minimum absolute atomic E-state index is 0.0779. The minimum atomic E-state index is -3.74. The number of ether oxygens (including phenoxy) is 2.